The lowest BCUT2D eigenvalue weighted by atomic mass is 10.0. The van der Waals surface area contributed by atoms with Gasteiger partial charge < -0.3 is 9.47 Å². The summed E-state index contributed by atoms with van der Waals surface area (Å²) >= 11 is 3.72. The van der Waals surface area contributed by atoms with Gasteiger partial charge in [0, 0.05) is 68.1 Å². The van der Waals surface area contributed by atoms with E-state index in [-0.39, 0.29) is 0 Å². The molecule has 0 fully saturated rings. The molecular formula is C48H30N2S2. The third-order valence-corrected chi connectivity index (χ3v) is 12.7. The van der Waals surface area contributed by atoms with Crippen LogP contribution in [0.1, 0.15) is 0 Å². The van der Waals surface area contributed by atoms with Crippen LogP contribution in [-0.4, -0.2) is 4.57 Å². The van der Waals surface area contributed by atoms with Gasteiger partial charge in [0.25, 0.3) is 0 Å². The second kappa shape index (κ2) is 11.7. The van der Waals surface area contributed by atoms with E-state index in [4.69, 9.17) is 0 Å². The number of thiophene rings is 2. The van der Waals surface area contributed by atoms with Gasteiger partial charge in [0.05, 0.1) is 22.4 Å². The summed E-state index contributed by atoms with van der Waals surface area (Å²) in [5, 5.41) is 7.65. The normalized spacial score (nSPS) is 11.8. The first-order valence-electron chi connectivity index (χ1n) is 17.6. The summed E-state index contributed by atoms with van der Waals surface area (Å²) in [5.74, 6) is 0. The van der Waals surface area contributed by atoms with E-state index in [0.29, 0.717) is 0 Å². The van der Waals surface area contributed by atoms with Crippen molar-refractivity contribution >= 4 is 102 Å². The highest BCUT2D eigenvalue weighted by Gasteiger charge is 2.24. The molecule has 0 radical (unpaired) electrons. The summed E-state index contributed by atoms with van der Waals surface area (Å²) in [4.78, 5) is 2.49. The van der Waals surface area contributed by atoms with E-state index in [1.807, 2.05) is 22.7 Å². The molecule has 0 aliphatic rings. The molecule has 0 saturated heterocycles. The number of hydrogen-bond donors (Lipinski definition) is 0. The van der Waals surface area contributed by atoms with Crippen molar-refractivity contribution in [1.82, 2.24) is 4.57 Å². The van der Waals surface area contributed by atoms with Gasteiger partial charge in [-0.3, -0.25) is 0 Å². The van der Waals surface area contributed by atoms with Crippen molar-refractivity contribution in [1.29, 1.82) is 0 Å². The highest BCUT2D eigenvalue weighted by atomic mass is 32.1. The van der Waals surface area contributed by atoms with Crippen LogP contribution in [0.3, 0.4) is 0 Å². The first-order valence-corrected chi connectivity index (χ1v) is 19.2. The Kier molecular flexibility index (Phi) is 6.63. The largest absolute Gasteiger partial charge is 0.309 e. The van der Waals surface area contributed by atoms with Gasteiger partial charge in [0.2, 0.25) is 0 Å². The molecule has 8 aromatic carbocycles. The number of para-hydroxylation sites is 2. The van der Waals surface area contributed by atoms with Gasteiger partial charge in [-0.25, -0.2) is 0 Å². The fourth-order valence-electron chi connectivity index (χ4n) is 8.11. The molecule has 3 heterocycles. The minimum absolute atomic E-state index is 1.13. The molecule has 11 aromatic rings. The van der Waals surface area contributed by atoms with Gasteiger partial charge in [-0.15, -0.1) is 22.7 Å². The average molecular weight is 699 g/mol. The Hall–Kier alpha value is -6.20. The van der Waals surface area contributed by atoms with Gasteiger partial charge in [-0.1, -0.05) is 109 Å². The monoisotopic (exact) mass is 698 g/mol. The molecule has 3 aromatic heterocycles. The van der Waals surface area contributed by atoms with Crippen LogP contribution in [-0.2, 0) is 0 Å². The number of aromatic nitrogens is 1. The Morgan fingerprint density at radius 2 is 0.962 bits per heavy atom. The summed E-state index contributed by atoms with van der Waals surface area (Å²) in [6, 6.07) is 66.8. The molecule has 0 aliphatic carbocycles. The second-order valence-electron chi connectivity index (χ2n) is 13.3. The van der Waals surface area contributed by atoms with Gasteiger partial charge in [0.1, 0.15) is 0 Å². The summed E-state index contributed by atoms with van der Waals surface area (Å²) in [6.07, 6.45) is 0. The number of nitrogens with zero attached hydrogens (tertiary/aromatic N) is 2. The number of rotatable bonds is 5. The maximum atomic E-state index is 2.49. The van der Waals surface area contributed by atoms with E-state index in [0.717, 1.165) is 17.1 Å². The molecule has 0 bridgehead atoms. The van der Waals surface area contributed by atoms with Crippen molar-refractivity contribution in [3.63, 3.8) is 0 Å². The van der Waals surface area contributed by atoms with E-state index in [1.54, 1.807) is 0 Å². The molecule has 0 atom stereocenters. The van der Waals surface area contributed by atoms with E-state index >= 15 is 0 Å². The summed E-state index contributed by atoms with van der Waals surface area (Å²) in [5.41, 5.74) is 9.35. The molecular weight excluding hydrogens is 669 g/mol. The van der Waals surface area contributed by atoms with Gasteiger partial charge in [-0.05, 0) is 78.4 Å². The zero-order valence-corrected chi connectivity index (χ0v) is 29.7. The lowest BCUT2D eigenvalue weighted by Crippen LogP contribution is -2.11. The zero-order valence-electron chi connectivity index (χ0n) is 28.0. The maximum Gasteiger partial charge on any atom is 0.0562 e. The Labute approximate surface area is 308 Å². The molecule has 0 unspecified atom stereocenters. The number of anilines is 3. The standard InChI is InChI=1S/C48H30N2S2/c1-2-13-31(14-3-1)34-15-4-8-19-40(34)49(32-25-27-46-38(29-32)35-16-6-10-23-44(35)51-46)42-21-12-22-43-48(42)37-18-5-9-20-41(37)50(43)33-26-28-47-39(30-33)36-17-7-11-24-45(36)52-47/h1-30H. The van der Waals surface area contributed by atoms with E-state index in [2.05, 4.69) is 191 Å². The van der Waals surface area contributed by atoms with Crippen molar-refractivity contribution in [2.45, 2.75) is 0 Å². The van der Waals surface area contributed by atoms with Gasteiger partial charge >= 0.3 is 0 Å². The highest BCUT2D eigenvalue weighted by molar-refractivity contribution is 7.26. The number of hydrogen-bond acceptors (Lipinski definition) is 3. The minimum atomic E-state index is 1.13. The molecule has 244 valence electrons. The second-order valence-corrected chi connectivity index (χ2v) is 15.5. The summed E-state index contributed by atoms with van der Waals surface area (Å²) < 4.78 is 7.70. The quantitative estimate of drug-likeness (QED) is 0.174. The molecule has 0 N–H and O–H groups in total. The van der Waals surface area contributed by atoms with Crippen molar-refractivity contribution in [3.8, 4) is 16.8 Å². The Morgan fingerprint density at radius 3 is 1.75 bits per heavy atom. The molecule has 11 rings (SSSR count). The first-order chi connectivity index (χ1) is 25.8. The number of benzene rings is 8. The maximum absolute atomic E-state index is 2.49. The molecule has 0 aliphatic heterocycles. The first kappa shape index (κ1) is 29.5. The van der Waals surface area contributed by atoms with Crippen LogP contribution in [0.25, 0.3) is 79.0 Å². The van der Waals surface area contributed by atoms with Gasteiger partial charge in [0.15, 0.2) is 0 Å². The van der Waals surface area contributed by atoms with Gasteiger partial charge in [-0.2, -0.15) is 0 Å². The lowest BCUT2D eigenvalue weighted by molar-refractivity contribution is 1.19. The Morgan fingerprint density at radius 1 is 0.385 bits per heavy atom. The van der Waals surface area contributed by atoms with Crippen molar-refractivity contribution in [2.75, 3.05) is 4.90 Å². The zero-order chi connectivity index (χ0) is 34.2. The fourth-order valence-corrected chi connectivity index (χ4v) is 10.3. The van der Waals surface area contributed by atoms with Crippen LogP contribution in [0.4, 0.5) is 17.1 Å². The molecule has 0 spiro atoms. The van der Waals surface area contributed by atoms with Crippen LogP contribution < -0.4 is 4.90 Å². The third-order valence-electron chi connectivity index (χ3n) is 10.4. The van der Waals surface area contributed by atoms with Crippen molar-refractivity contribution in [2.24, 2.45) is 0 Å². The summed E-state index contributed by atoms with van der Waals surface area (Å²) in [6.45, 7) is 0. The Balaban J connectivity index is 1.22. The molecule has 0 saturated carbocycles. The molecule has 2 nitrogen and oxygen atoms in total. The van der Waals surface area contributed by atoms with E-state index in [1.165, 1.54) is 79.0 Å². The SMILES string of the molecule is c1ccc(-c2ccccc2N(c2ccc3sc4ccccc4c3c2)c2cccc3c2c2ccccc2n3-c2ccc3sc4ccccc4c3c2)cc1. The van der Waals surface area contributed by atoms with Crippen LogP contribution in [0, 0.1) is 0 Å². The molecule has 4 heteroatoms. The van der Waals surface area contributed by atoms with Crippen LogP contribution in [0.15, 0.2) is 182 Å². The minimum Gasteiger partial charge on any atom is -0.309 e. The lowest BCUT2D eigenvalue weighted by Gasteiger charge is -2.29. The average Bonchev–Trinajstić information content (AvgIpc) is 3.88. The van der Waals surface area contributed by atoms with Crippen LogP contribution in [0.5, 0.6) is 0 Å². The third kappa shape index (κ3) is 4.48. The smallest absolute Gasteiger partial charge is 0.0562 e. The summed E-state index contributed by atoms with van der Waals surface area (Å²) in [7, 11) is 0. The van der Waals surface area contributed by atoms with E-state index < -0.39 is 0 Å². The van der Waals surface area contributed by atoms with Crippen LogP contribution >= 0.6 is 22.7 Å². The number of fused-ring (bicyclic) bond motifs is 9. The van der Waals surface area contributed by atoms with Crippen molar-refractivity contribution in [3.05, 3.63) is 182 Å². The highest BCUT2D eigenvalue weighted by Crippen LogP contribution is 2.48. The topological polar surface area (TPSA) is 8.17 Å². The predicted octanol–water partition coefficient (Wildman–Crippen LogP) is 14.7. The molecule has 52 heavy (non-hydrogen) atoms. The van der Waals surface area contributed by atoms with E-state index in [9.17, 15) is 0 Å². The predicted molar refractivity (Wildman–Crippen MR) is 227 cm³/mol. The van der Waals surface area contributed by atoms with Crippen molar-refractivity contribution < 1.29 is 0 Å². The Bertz CT molecular complexity index is 3150. The van der Waals surface area contributed by atoms with Crippen LogP contribution in [0.2, 0.25) is 0 Å². The molecule has 0 amide bonds. The fraction of sp³-hybridized carbons (Fsp3) is 0.